The lowest BCUT2D eigenvalue weighted by Gasteiger charge is -2.36. The SMILES string of the molecule is Cc1ccccc1C(=O)CCN1CCC(C)CC1C. The average molecular weight is 259 g/mol. The quantitative estimate of drug-likeness (QED) is 0.769. The second-order valence-corrected chi connectivity index (χ2v) is 6.00. The highest BCUT2D eigenvalue weighted by Crippen LogP contribution is 2.22. The molecule has 104 valence electrons. The molecule has 2 unspecified atom stereocenters. The van der Waals surface area contributed by atoms with E-state index in [0.717, 1.165) is 30.1 Å². The molecule has 0 amide bonds. The largest absolute Gasteiger partial charge is 0.300 e. The monoisotopic (exact) mass is 259 g/mol. The minimum atomic E-state index is 0.281. The maximum absolute atomic E-state index is 12.3. The molecule has 2 nitrogen and oxygen atoms in total. The zero-order chi connectivity index (χ0) is 13.8. The maximum atomic E-state index is 12.3. The second-order valence-electron chi connectivity index (χ2n) is 6.00. The Morgan fingerprint density at radius 2 is 2.05 bits per heavy atom. The van der Waals surface area contributed by atoms with E-state index in [2.05, 4.69) is 18.7 Å². The van der Waals surface area contributed by atoms with Crippen molar-refractivity contribution in [2.75, 3.05) is 13.1 Å². The predicted molar refractivity (Wildman–Crippen MR) is 79.6 cm³/mol. The molecule has 1 heterocycles. The number of hydrogen-bond donors (Lipinski definition) is 0. The van der Waals surface area contributed by atoms with Gasteiger partial charge < -0.3 is 4.90 Å². The molecule has 2 atom stereocenters. The van der Waals surface area contributed by atoms with Gasteiger partial charge in [0, 0.05) is 24.6 Å². The molecule has 1 fully saturated rings. The Kier molecular flexibility index (Phi) is 4.76. The zero-order valence-electron chi connectivity index (χ0n) is 12.4. The lowest BCUT2D eigenvalue weighted by Crippen LogP contribution is -2.41. The van der Waals surface area contributed by atoms with Crippen LogP contribution < -0.4 is 0 Å². The van der Waals surface area contributed by atoms with Crippen molar-refractivity contribution >= 4 is 5.78 Å². The molecule has 19 heavy (non-hydrogen) atoms. The minimum Gasteiger partial charge on any atom is -0.300 e. The number of piperidine rings is 1. The Morgan fingerprint density at radius 1 is 1.32 bits per heavy atom. The topological polar surface area (TPSA) is 20.3 Å². The minimum absolute atomic E-state index is 0.281. The van der Waals surface area contributed by atoms with E-state index in [1.807, 2.05) is 31.2 Å². The van der Waals surface area contributed by atoms with Gasteiger partial charge in [0.15, 0.2) is 5.78 Å². The molecule has 0 bridgehead atoms. The molecular weight excluding hydrogens is 234 g/mol. The Morgan fingerprint density at radius 3 is 2.74 bits per heavy atom. The van der Waals surface area contributed by atoms with Crippen molar-refractivity contribution in [2.24, 2.45) is 5.92 Å². The number of rotatable bonds is 4. The molecule has 1 aliphatic heterocycles. The van der Waals surface area contributed by atoms with Gasteiger partial charge in [0.05, 0.1) is 0 Å². The average Bonchev–Trinajstić information content (AvgIpc) is 2.38. The van der Waals surface area contributed by atoms with E-state index < -0.39 is 0 Å². The molecule has 1 aliphatic rings. The Hall–Kier alpha value is -1.15. The van der Waals surface area contributed by atoms with Crippen LogP contribution in [0.4, 0.5) is 0 Å². The van der Waals surface area contributed by atoms with Crippen LogP contribution >= 0.6 is 0 Å². The fourth-order valence-corrected chi connectivity index (χ4v) is 3.05. The summed E-state index contributed by atoms with van der Waals surface area (Å²) in [5, 5.41) is 0. The van der Waals surface area contributed by atoms with Crippen LogP contribution in [0.5, 0.6) is 0 Å². The molecule has 0 N–H and O–H groups in total. The van der Waals surface area contributed by atoms with Crippen molar-refractivity contribution in [1.29, 1.82) is 0 Å². The number of aryl methyl sites for hydroxylation is 1. The summed E-state index contributed by atoms with van der Waals surface area (Å²) in [6, 6.07) is 8.51. The van der Waals surface area contributed by atoms with E-state index in [1.165, 1.54) is 12.8 Å². The van der Waals surface area contributed by atoms with Crippen molar-refractivity contribution in [3.8, 4) is 0 Å². The second kappa shape index (κ2) is 6.33. The van der Waals surface area contributed by atoms with Crippen LogP contribution in [0, 0.1) is 12.8 Å². The summed E-state index contributed by atoms with van der Waals surface area (Å²) in [6.45, 7) is 8.67. The molecule has 0 saturated carbocycles. The predicted octanol–water partition coefficient (Wildman–Crippen LogP) is 3.69. The van der Waals surface area contributed by atoms with Crippen molar-refractivity contribution in [3.63, 3.8) is 0 Å². The van der Waals surface area contributed by atoms with E-state index in [4.69, 9.17) is 0 Å². The highest BCUT2D eigenvalue weighted by molar-refractivity contribution is 5.97. The summed E-state index contributed by atoms with van der Waals surface area (Å²) >= 11 is 0. The summed E-state index contributed by atoms with van der Waals surface area (Å²) in [7, 11) is 0. The van der Waals surface area contributed by atoms with Gasteiger partial charge in [0.25, 0.3) is 0 Å². The molecular formula is C17H25NO. The number of Topliss-reactive ketones (excluding diaryl/α,β-unsaturated/α-hetero) is 1. The maximum Gasteiger partial charge on any atom is 0.164 e. The molecule has 1 aromatic rings. The third-order valence-corrected chi connectivity index (χ3v) is 4.35. The highest BCUT2D eigenvalue weighted by atomic mass is 16.1. The van der Waals surface area contributed by atoms with Gasteiger partial charge in [-0.25, -0.2) is 0 Å². The van der Waals surface area contributed by atoms with E-state index in [-0.39, 0.29) is 5.78 Å². The summed E-state index contributed by atoms with van der Waals surface area (Å²) in [4.78, 5) is 14.7. The van der Waals surface area contributed by atoms with Gasteiger partial charge in [-0.1, -0.05) is 31.2 Å². The first-order valence-electron chi connectivity index (χ1n) is 7.41. The first-order valence-corrected chi connectivity index (χ1v) is 7.41. The lowest BCUT2D eigenvalue weighted by atomic mass is 9.93. The molecule has 2 heteroatoms. The Bertz CT molecular complexity index is 441. The molecule has 2 rings (SSSR count). The summed E-state index contributed by atoms with van der Waals surface area (Å²) < 4.78 is 0. The normalized spacial score (nSPS) is 24.4. The van der Waals surface area contributed by atoms with Crippen molar-refractivity contribution in [2.45, 2.75) is 46.1 Å². The van der Waals surface area contributed by atoms with Crippen LogP contribution in [-0.4, -0.2) is 29.8 Å². The van der Waals surface area contributed by atoms with Crippen molar-refractivity contribution in [1.82, 2.24) is 4.90 Å². The van der Waals surface area contributed by atoms with Gasteiger partial charge in [0.2, 0.25) is 0 Å². The number of hydrogen-bond acceptors (Lipinski definition) is 2. The van der Waals surface area contributed by atoms with Crippen LogP contribution in [0.15, 0.2) is 24.3 Å². The smallest absolute Gasteiger partial charge is 0.164 e. The van der Waals surface area contributed by atoms with Crippen molar-refractivity contribution < 1.29 is 4.79 Å². The highest BCUT2D eigenvalue weighted by Gasteiger charge is 2.23. The molecule has 0 aliphatic carbocycles. The summed E-state index contributed by atoms with van der Waals surface area (Å²) in [5.74, 6) is 1.11. The van der Waals surface area contributed by atoms with E-state index >= 15 is 0 Å². The molecule has 0 spiro atoms. The van der Waals surface area contributed by atoms with Gasteiger partial charge in [-0.3, -0.25) is 4.79 Å². The first kappa shape index (κ1) is 14.3. The molecule has 0 radical (unpaired) electrons. The fraction of sp³-hybridized carbons (Fsp3) is 0.588. The van der Waals surface area contributed by atoms with Crippen LogP contribution in [0.2, 0.25) is 0 Å². The van der Waals surface area contributed by atoms with E-state index in [1.54, 1.807) is 0 Å². The third-order valence-electron chi connectivity index (χ3n) is 4.35. The van der Waals surface area contributed by atoms with Crippen molar-refractivity contribution in [3.05, 3.63) is 35.4 Å². The van der Waals surface area contributed by atoms with Gasteiger partial charge in [-0.2, -0.15) is 0 Å². The molecule has 0 aromatic heterocycles. The standard InChI is InChI=1S/C17H25NO/c1-13-8-10-18(15(3)12-13)11-9-17(19)16-7-5-4-6-14(16)2/h4-7,13,15H,8-12H2,1-3H3. The number of carbonyl (C=O) groups excluding carboxylic acids is 1. The number of nitrogens with zero attached hydrogens (tertiary/aromatic N) is 1. The lowest BCUT2D eigenvalue weighted by molar-refractivity contribution is 0.0909. The van der Waals surface area contributed by atoms with E-state index in [0.29, 0.717) is 12.5 Å². The van der Waals surface area contributed by atoms with Crippen LogP contribution in [-0.2, 0) is 0 Å². The Balaban J connectivity index is 1.89. The number of benzene rings is 1. The summed E-state index contributed by atoms with van der Waals surface area (Å²) in [6.07, 6.45) is 3.17. The van der Waals surface area contributed by atoms with Crippen LogP contribution in [0.25, 0.3) is 0 Å². The van der Waals surface area contributed by atoms with Gasteiger partial charge in [-0.05, 0) is 44.7 Å². The number of likely N-dealkylation sites (tertiary alicyclic amines) is 1. The number of carbonyl (C=O) groups is 1. The third kappa shape index (κ3) is 3.66. The zero-order valence-corrected chi connectivity index (χ0v) is 12.4. The fourth-order valence-electron chi connectivity index (χ4n) is 3.05. The first-order chi connectivity index (χ1) is 9.08. The van der Waals surface area contributed by atoms with Crippen LogP contribution in [0.1, 0.15) is 49.0 Å². The van der Waals surface area contributed by atoms with Gasteiger partial charge in [0.1, 0.15) is 0 Å². The van der Waals surface area contributed by atoms with Crippen LogP contribution in [0.3, 0.4) is 0 Å². The van der Waals surface area contributed by atoms with Gasteiger partial charge in [-0.15, -0.1) is 0 Å². The Labute approximate surface area is 116 Å². The number of ketones is 1. The van der Waals surface area contributed by atoms with E-state index in [9.17, 15) is 4.79 Å². The summed E-state index contributed by atoms with van der Waals surface area (Å²) in [5.41, 5.74) is 1.98. The molecule has 1 aromatic carbocycles. The molecule has 1 saturated heterocycles. The van der Waals surface area contributed by atoms with Gasteiger partial charge >= 0.3 is 0 Å².